The maximum Gasteiger partial charge on any atom is 0.194 e. The van der Waals surface area contributed by atoms with Crippen LogP contribution in [0, 0.1) is 17.5 Å². The molecule has 1 unspecified atom stereocenters. The predicted molar refractivity (Wildman–Crippen MR) is 79.4 cm³/mol. The SMILES string of the molecule is CCC(Nc1cc(F)c(F)c(F)c1)c1ccc(Cl)c(Cl)c1. The van der Waals surface area contributed by atoms with Crippen molar-refractivity contribution < 1.29 is 13.2 Å². The lowest BCUT2D eigenvalue weighted by Gasteiger charge is -2.19. The number of anilines is 1. The molecule has 0 fully saturated rings. The van der Waals surface area contributed by atoms with Crippen LogP contribution in [0.2, 0.25) is 10.0 Å². The van der Waals surface area contributed by atoms with E-state index in [4.69, 9.17) is 23.2 Å². The zero-order valence-corrected chi connectivity index (χ0v) is 12.6. The minimum Gasteiger partial charge on any atom is -0.378 e. The second-order valence-corrected chi connectivity index (χ2v) is 5.35. The molecule has 0 aromatic heterocycles. The molecule has 1 atom stereocenters. The summed E-state index contributed by atoms with van der Waals surface area (Å²) in [4.78, 5) is 0. The highest BCUT2D eigenvalue weighted by Crippen LogP contribution is 2.29. The second-order valence-electron chi connectivity index (χ2n) is 4.53. The van der Waals surface area contributed by atoms with Gasteiger partial charge in [-0.25, -0.2) is 13.2 Å². The van der Waals surface area contributed by atoms with Crippen molar-refractivity contribution in [1.82, 2.24) is 0 Å². The van der Waals surface area contributed by atoms with Crippen LogP contribution in [0.4, 0.5) is 18.9 Å². The largest absolute Gasteiger partial charge is 0.378 e. The summed E-state index contributed by atoms with van der Waals surface area (Å²) in [5, 5.41) is 3.77. The summed E-state index contributed by atoms with van der Waals surface area (Å²) in [7, 11) is 0. The van der Waals surface area contributed by atoms with Gasteiger partial charge in [-0.1, -0.05) is 36.2 Å². The summed E-state index contributed by atoms with van der Waals surface area (Å²) in [6, 6.07) is 6.70. The second kappa shape index (κ2) is 6.58. The van der Waals surface area contributed by atoms with Crippen molar-refractivity contribution in [3.05, 3.63) is 63.4 Å². The minimum absolute atomic E-state index is 0.157. The molecule has 6 heteroatoms. The highest BCUT2D eigenvalue weighted by atomic mass is 35.5. The first-order chi connectivity index (χ1) is 9.92. The molecule has 0 heterocycles. The monoisotopic (exact) mass is 333 g/mol. The van der Waals surface area contributed by atoms with Gasteiger partial charge in [0.2, 0.25) is 0 Å². The number of rotatable bonds is 4. The molecular formula is C15H12Cl2F3N. The Balaban J connectivity index is 2.28. The first-order valence-corrected chi connectivity index (χ1v) is 7.04. The summed E-state index contributed by atoms with van der Waals surface area (Å²) in [5.74, 6) is -3.95. The van der Waals surface area contributed by atoms with Crippen LogP contribution in [0.3, 0.4) is 0 Å². The lowest BCUT2D eigenvalue weighted by atomic mass is 10.0. The van der Waals surface area contributed by atoms with Crippen molar-refractivity contribution in [1.29, 1.82) is 0 Å². The Morgan fingerprint density at radius 2 is 1.62 bits per heavy atom. The van der Waals surface area contributed by atoms with Crippen LogP contribution in [0.1, 0.15) is 24.9 Å². The third kappa shape index (κ3) is 3.63. The van der Waals surface area contributed by atoms with Gasteiger partial charge in [-0.2, -0.15) is 0 Å². The van der Waals surface area contributed by atoms with E-state index in [1.54, 1.807) is 18.2 Å². The lowest BCUT2D eigenvalue weighted by molar-refractivity contribution is 0.447. The summed E-state index contributed by atoms with van der Waals surface area (Å²) in [6.45, 7) is 1.90. The zero-order chi connectivity index (χ0) is 15.6. The number of hydrogen-bond donors (Lipinski definition) is 1. The first-order valence-electron chi connectivity index (χ1n) is 6.28. The van der Waals surface area contributed by atoms with Gasteiger partial charge in [-0.3, -0.25) is 0 Å². The molecule has 0 spiro atoms. The fraction of sp³-hybridized carbons (Fsp3) is 0.200. The Bertz CT molecular complexity index is 638. The Labute approximate surface area is 130 Å². The molecule has 0 bridgehead atoms. The summed E-state index contributed by atoms with van der Waals surface area (Å²) in [5.41, 5.74) is 0.973. The van der Waals surface area contributed by atoms with Crippen LogP contribution in [-0.4, -0.2) is 0 Å². The zero-order valence-electron chi connectivity index (χ0n) is 11.1. The Morgan fingerprint density at radius 3 is 2.14 bits per heavy atom. The highest BCUT2D eigenvalue weighted by molar-refractivity contribution is 6.42. The topological polar surface area (TPSA) is 12.0 Å². The first kappa shape index (κ1) is 16.0. The minimum atomic E-state index is -1.48. The van der Waals surface area contributed by atoms with Gasteiger partial charge in [0.15, 0.2) is 17.5 Å². The molecule has 2 aromatic rings. The summed E-state index contributed by atoms with van der Waals surface area (Å²) >= 11 is 11.8. The summed E-state index contributed by atoms with van der Waals surface area (Å²) < 4.78 is 39.4. The number of benzene rings is 2. The normalized spacial score (nSPS) is 12.3. The molecule has 0 saturated heterocycles. The van der Waals surface area contributed by atoms with Gasteiger partial charge in [-0.15, -0.1) is 0 Å². The van der Waals surface area contributed by atoms with Crippen LogP contribution in [0.5, 0.6) is 0 Å². The number of halogens is 5. The molecule has 1 N–H and O–H groups in total. The fourth-order valence-corrected chi connectivity index (χ4v) is 2.30. The fourth-order valence-electron chi connectivity index (χ4n) is 1.99. The predicted octanol–water partition coefficient (Wildman–Crippen LogP) is 5.97. The van der Waals surface area contributed by atoms with Gasteiger partial charge < -0.3 is 5.32 Å². The van der Waals surface area contributed by atoms with E-state index >= 15 is 0 Å². The quantitative estimate of drug-likeness (QED) is 0.679. The van der Waals surface area contributed by atoms with Gasteiger partial charge in [0.05, 0.1) is 16.1 Å². The van der Waals surface area contributed by atoms with Crippen LogP contribution < -0.4 is 5.32 Å². The third-order valence-electron chi connectivity index (χ3n) is 3.08. The van der Waals surface area contributed by atoms with Crippen molar-refractivity contribution >= 4 is 28.9 Å². The Kier molecular flexibility index (Phi) is 5.01. The van der Waals surface area contributed by atoms with Crippen molar-refractivity contribution in [3.8, 4) is 0 Å². The molecule has 0 aliphatic carbocycles. The maximum atomic E-state index is 13.2. The average Bonchev–Trinajstić information content (AvgIpc) is 2.45. The van der Waals surface area contributed by atoms with E-state index < -0.39 is 17.5 Å². The van der Waals surface area contributed by atoms with Gasteiger partial charge in [0.1, 0.15) is 0 Å². The van der Waals surface area contributed by atoms with Crippen molar-refractivity contribution in [2.24, 2.45) is 0 Å². The van der Waals surface area contributed by atoms with E-state index in [0.29, 0.717) is 16.5 Å². The van der Waals surface area contributed by atoms with Crippen molar-refractivity contribution in [2.45, 2.75) is 19.4 Å². The molecule has 0 radical (unpaired) electrons. The van der Waals surface area contributed by atoms with Gasteiger partial charge in [0, 0.05) is 17.8 Å². The molecule has 0 saturated carbocycles. The number of nitrogens with one attached hydrogen (secondary N) is 1. The molecule has 21 heavy (non-hydrogen) atoms. The molecule has 112 valence electrons. The van der Waals surface area contributed by atoms with Crippen LogP contribution >= 0.6 is 23.2 Å². The van der Waals surface area contributed by atoms with Gasteiger partial charge >= 0.3 is 0 Å². The molecule has 0 aliphatic heterocycles. The van der Waals surface area contributed by atoms with E-state index in [1.165, 1.54) is 0 Å². The van der Waals surface area contributed by atoms with Gasteiger partial charge in [0.25, 0.3) is 0 Å². The Hall–Kier alpha value is -1.39. The molecule has 0 amide bonds. The molecule has 0 aliphatic rings. The molecular weight excluding hydrogens is 322 g/mol. The maximum absolute atomic E-state index is 13.2. The van der Waals surface area contributed by atoms with E-state index in [-0.39, 0.29) is 11.7 Å². The van der Waals surface area contributed by atoms with Crippen LogP contribution in [-0.2, 0) is 0 Å². The van der Waals surface area contributed by atoms with Crippen molar-refractivity contribution in [3.63, 3.8) is 0 Å². The van der Waals surface area contributed by atoms with E-state index in [1.807, 2.05) is 6.92 Å². The molecule has 2 aromatic carbocycles. The molecule has 2 rings (SSSR count). The van der Waals surface area contributed by atoms with Crippen LogP contribution in [0.15, 0.2) is 30.3 Å². The summed E-state index contributed by atoms with van der Waals surface area (Å²) in [6.07, 6.45) is 0.637. The molecule has 1 nitrogen and oxygen atoms in total. The average molecular weight is 334 g/mol. The Morgan fingerprint density at radius 1 is 1.00 bits per heavy atom. The van der Waals surface area contributed by atoms with Crippen molar-refractivity contribution in [2.75, 3.05) is 5.32 Å². The standard InChI is InChI=1S/C15H12Cl2F3N/c1-2-14(8-3-4-10(16)11(17)5-8)21-9-6-12(18)15(20)13(19)7-9/h3-7,14,21H,2H2,1H3. The number of hydrogen-bond acceptors (Lipinski definition) is 1. The van der Waals surface area contributed by atoms with E-state index in [0.717, 1.165) is 17.7 Å². The van der Waals surface area contributed by atoms with Gasteiger partial charge in [-0.05, 0) is 24.1 Å². The van der Waals surface area contributed by atoms with E-state index in [2.05, 4.69) is 5.32 Å². The third-order valence-corrected chi connectivity index (χ3v) is 3.82. The smallest absolute Gasteiger partial charge is 0.194 e. The van der Waals surface area contributed by atoms with E-state index in [9.17, 15) is 13.2 Å². The lowest BCUT2D eigenvalue weighted by Crippen LogP contribution is -2.10. The van der Waals surface area contributed by atoms with Crippen LogP contribution in [0.25, 0.3) is 0 Å². The highest BCUT2D eigenvalue weighted by Gasteiger charge is 2.15.